The van der Waals surface area contributed by atoms with Crippen molar-refractivity contribution in [1.82, 2.24) is 5.32 Å². The van der Waals surface area contributed by atoms with Gasteiger partial charge in [0.2, 0.25) is 6.79 Å². The highest BCUT2D eigenvalue weighted by atomic mass is 16.7. The second-order valence-electron chi connectivity index (χ2n) is 4.33. The standard InChI is InChI=1S/C14H17NO6/c1-3-19-14(17)15-10(13(16)18-2)6-9-4-5-11-12(7-9)21-8-20-11/h4-5,7,10H,3,6,8H2,1-2H3,(H,15,17)/t10-/m0/s1. The first kappa shape index (κ1) is 15.0. The normalized spacial score (nSPS) is 13.4. The van der Waals surface area contributed by atoms with Crippen molar-refractivity contribution < 1.29 is 28.5 Å². The maximum atomic E-state index is 11.7. The zero-order valence-electron chi connectivity index (χ0n) is 11.9. The van der Waals surface area contributed by atoms with E-state index in [-0.39, 0.29) is 19.8 Å². The summed E-state index contributed by atoms with van der Waals surface area (Å²) in [5, 5.41) is 2.48. The highest BCUT2D eigenvalue weighted by Crippen LogP contribution is 2.32. The van der Waals surface area contributed by atoms with E-state index in [1.54, 1.807) is 25.1 Å². The fourth-order valence-corrected chi connectivity index (χ4v) is 1.95. The Bertz CT molecular complexity index is 530. The number of ether oxygens (including phenoxy) is 4. The fraction of sp³-hybridized carbons (Fsp3) is 0.429. The summed E-state index contributed by atoms with van der Waals surface area (Å²) < 4.78 is 20.0. The van der Waals surface area contributed by atoms with Crippen molar-refractivity contribution in [3.8, 4) is 11.5 Å². The lowest BCUT2D eigenvalue weighted by molar-refractivity contribution is -0.142. The summed E-state index contributed by atoms with van der Waals surface area (Å²) in [7, 11) is 1.27. The van der Waals surface area contributed by atoms with Crippen LogP contribution in [0.2, 0.25) is 0 Å². The lowest BCUT2D eigenvalue weighted by Gasteiger charge is -2.16. The van der Waals surface area contributed by atoms with Gasteiger partial charge in [-0.05, 0) is 24.6 Å². The molecule has 0 fully saturated rings. The van der Waals surface area contributed by atoms with Crippen LogP contribution in [-0.4, -0.2) is 38.6 Å². The summed E-state index contributed by atoms with van der Waals surface area (Å²) in [5.74, 6) is 0.736. The van der Waals surface area contributed by atoms with Crippen LogP contribution < -0.4 is 14.8 Å². The van der Waals surface area contributed by atoms with Crippen molar-refractivity contribution in [1.29, 1.82) is 0 Å². The SMILES string of the molecule is CCOC(=O)N[C@@H](Cc1ccc2c(c1)OCO2)C(=O)OC. The lowest BCUT2D eigenvalue weighted by Crippen LogP contribution is -2.43. The minimum Gasteiger partial charge on any atom is -0.467 e. The number of hydrogen-bond acceptors (Lipinski definition) is 6. The molecule has 7 nitrogen and oxygen atoms in total. The van der Waals surface area contributed by atoms with Gasteiger partial charge in [-0.2, -0.15) is 0 Å². The molecule has 1 atom stereocenters. The van der Waals surface area contributed by atoms with E-state index >= 15 is 0 Å². The van der Waals surface area contributed by atoms with Gasteiger partial charge in [0, 0.05) is 6.42 Å². The van der Waals surface area contributed by atoms with E-state index in [4.69, 9.17) is 18.9 Å². The van der Waals surface area contributed by atoms with Gasteiger partial charge in [0.15, 0.2) is 11.5 Å². The van der Waals surface area contributed by atoms with Gasteiger partial charge in [-0.3, -0.25) is 0 Å². The van der Waals surface area contributed by atoms with E-state index in [1.807, 2.05) is 0 Å². The van der Waals surface area contributed by atoms with Gasteiger partial charge in [0.25, 0.3) is 0 Å². The number of methoxy groups -OCH3 is 1. The molecule has 0 radical (unpaired) electrons. The summed E-state index contributed by atoms with van der Waals surface area (Å²) in [6.07, 6.45) is -0.393. The third-order valence-electron chi connectivity index (χ3n) is 2.93. The first-order valence-corrected chi connectivity index (χ1v) is 6.53. The predicted octanol–water partition coefficient (Wildman–Crippen LogP) is 1.25. The molecule has 7 heteroatoms. The summed E-state index contributed by atoms with van der Waals surface area (Å²) in [5.41, 5.74) is 0.812. The van der Waals surface area contributed by atoms with Crippen LogP contribution in [0.25, 0.3) is 0 Å². The molecule has 0 saturated heterocycles. The Hall–Kier alpha value is -2.44. The van der Waals surface area contributed by atoms with Gasteiger partial charge in [-0.25, -0.2) is 9.59 Å². The maximum absolute atomic E-state index is 11.7. The molecule has 0 saturated carbocycles. The van der Waals surface area contributed by atoms with Gasteiger partial charge >= 0.3 is 12.1 Å². The molecule has 2 rings (SSSR count). The first-order chi connectivity index (χ1) is 10.1. The molecular formula is C14H17NO6. The average Bonchev–Trinajstić information content (AvgIpc) is 2.93. The van der Waals surface area contributed by atoms with Crippen LogP contribution >= 0.6 is 0 Å². The molecule has 0 bridgehead atoms. The van der Waals surface area contributed by atoms with Crippen LogP contribution in [0.4, 0.5) is 4.79 Å². The molecule has 0 unspecified atom stereocenters. The Morgan fingerprint density at radius 2 is 2.10 bits per heavy atom. The van der Waals surface area contributed by atoms with Crippen LogP contribution in [-0.2, 0) is 20.7 Å². The van der Waals surface area contributed by atoms with E-state index in [0.717, 1.165) is 5.56 Å². The topological polar surface area (TPSA) is 83.1 Å². The van der Waals surface area contributed by atoms with Crippen molar-refractivity contribution in [2.75, 3.05) is 20.5 Å². The molecule has 0 spiro atoms. The average molecular weight is 295 g/mol. The molecule has 114 valence electrons. The molecule has 1 aromatic rings. The number of benzene rings is 1. The predicted molar refractivity (Wildman–Crippen MR) is 72.2 cm³/mol. The van der Waals surface area contributed by atoms with E-state index < -0.39 is 18.1 Å². The molecule has 1 N–H and O–H groups in total. The Morgan fingerprint density at radius 1 is 1.33 bits per heavy atom. The van der Waals surface area contributed by atoms with Gasteiger partial charge in [-0.15, -0.1) is 0 Å². The number of amides is 1. The zero-order chi connectivity index (χ0) is 15.2. The molecule has 1 aliphatic heterocycles. The molecule has 0 aliphatic carbocycles. The number of hydrogen-bond donors (Lipinski definition) is 1. The van der Waals surface area contributed by atoms with E-state index in [1.165, 1.54) is 7.11 Å². The molecule has 21 heavy (non-hydrogen) atoms. The van der Waals surface area contributed by atoms with E-state index in [9.17, 15) is 9.59 Å². The number of alkyl carbamates (subject to hydrolysis) is 1. The second-order valence-corrected chi connectivity index (χ2v) is 4.33. The fourth-order valence-electron chi connectivity index (χ4n) is 1.95. The molecule has 1 aromatic carbocycles. The van der Waals surface area contributed by atoms with Crippen LogP contribution in [0.5, 0.6) is 11.5 Å². The Labute approximate surface area is 122 Å². The first-order valence-electron chi connectivity index (χ1n) is 6.53. The third-order valence-corrected chi connectivity index (χ3v) is 2.93. The Balaban J connectivity index is 2.07. The minimum absolute atomic E-state index is 0.181. The van der Waals surface area contributed by atoms with Crippen molar-refractivity contribution in [2.24, 2.45) is 0 Å². The van der Waals surface area contributed by atoms with E-state index in [0.29, 0.717) is 11.5 Å². The number of carbonyl (C=O) groups excluding carboxylic acids is 2. The highest BCUT2D eigenvalue weighted by molar-refractivity contribution is 5.81. The van der Waals surface area contributed by atoms with Crippen LogP contribution in [0.15, 0.2) is 18.2 Å². The van der Waals surface area contributed by atoms with Crippen LogP contribution in [0, 0.1) is 0 Å². The molecule has 0 aromatic heterocycles. The number of rotatable bonds is 5. The number of carbonyl (C=O) groups is 2. The van der Waals surface area contributed by atoms with Gasteiger partial charge < -0.3 is 24.3 Å². The van der Waals surface area contributed by atoms with Crippen molar-refractivity contribution in [2.45, 2.75) is 19.4 Å². The second kappa shape index (κ2) is 6.83. The Kier molecular flexibility index (Phi) is 4.86. The summed E-state index contributed by atoms with van der Waals surface area (Å²) in [6, 6.07) is 4.51. The minimum atomic E-state index is -0.825. The highest BCUT2D eigenvalue weighted by Gasteiger charge is 2.23. The third kappa shape index (κ3) is 3.77. The zero-order valence-corrected chi connectivity index (χ0v) is 11.9. The lowest BCUT2D eigenvalue weighted by atomic mass is 10.1. The summed E-state index contributed by atoms with van der Waals surface area (Å²) in [4.78, 5) is 23.2. The molecule has 1 amide bonds. The smallest absolute Gasteiger partial charge is 0.407 e. The summed E-state index contributed by atoms with van der Waals surface area (Å²) in [6.45, 7) is 2.09. The van der Waals surface area contributed by atoms with Gasteiger partial charge in [-0.1, -0.05) is 6.07 Å². The van der Waals surface area contributed by atoms with E-state index in [2.05, 4.69) is 5.32 Å². The number of esters is 1. The summed E-state index contributed by atoms with van der Waals surface area (Å²) >= 11 is 0. The van der Waals surface area contributed by atoms with Gasteiger partial charge in [0.05, 0.1) is 13.7 Å². The molecule has 1 aliphatic rings. The van der Waals surface area contributed by atoms with Crippen LogP contribution in [0.3, 0.4) is 0 Å². The number of fused-ring (bicyclic) bond motifs is 1. The Morgan fingerprint density at radius 3 is 2.81 bits per heavy atom. The maximum Gasteiger partial charge on any atom is 0.407 e. The largest absolute Gasteiger partial charge is 0.467 e. The van der Waals surface area contributed by atoms with Crippen molar-refractivity contribution >= 4 is 12.1 Å². The quantitative estimate of drug-likeness (QED) is 0.823. The van der Waals surface area contributed by atoms with Crippen molar-refractivity contribution in [3.63, 3.8) is 0 Å². The molecular weight excluding hydrogens is 278 g/mol. The molecule has 1 heterocycles. The monoisotopic (exact) mass is 295 g/mol. The van der Waals surface area contributed by atoms with Crippen molar-refractivity contribution in [3.05, 3.63) is 23.8 Å². The number of nitrogens with one attached hydrogen (secondary N) is 1. The van der Waals surface area contributed by atoms with Crippen LogP contribution in [0.1, 0.15) is 12.5 Å². The van der Waals surface area contributed by atoms with Gasteiger partial charge in [0.1, 0.15) is 6.04 Å².